The first kappa shape index (κ1) is 12.9. The third-order valence-electron chi connectivity index (χ3n) is 2.35. The summed E-state index contributed by atoms with van der Waals surface area (Å²) in [6, 6.07) is 0. The van der Waals surface area contributed by atoms with Gasteiger partial charge in [-0.25, -0.2) is 13.4 Å². The van der Waals surface area contributed by atoms with Crippen LogP contribution in [-0.2, 0) is 9.84 Å². The van der Waals surface area contributed by atoms with Crippen LogP contribution in [0.1, 0.15) is 18.3 Å². The monoisotopic (exact) mass is 243 g/mol. The molecule has 5 nitrogen and oxygen atoms in total. The molecule has 0 bridgehead atoms. The lowest BCUT2D eigenvalue weighted by Crippen LogP contribution is -2.17. The van der Waals surface area contributed by atoms with Crippen molar-refractivity contribution >= 4 is 15.7 Å². The van der Waals surface area contributed by atoms with Crippen molar-refractivity contribution in [2.75, 3.05) is 23.4 Å². The molecule has 0 spiro atoms. The zero-order valence-electron chi connectivity index (χ0n) is 9.82. The smallest absolute Gasteiger partial charge is 0.151 e. The zero-order valence-corrected chi connectivity index (χ0v) is 10.6. The first-order chi connectivity index (χ1) is 7.44. The van der Waals surface area contributed by atoms with Crippen LogP contribution in [-0.4, -0.2) is 36.4 Å². The maximum atomic E-state index is 11.2. The van der Waals surface area contributed by atoms with Crippen LogP contribution in [0.5, 0.6) is 0 Å². The van der Waals surface area contributed by atoms with E-state index in [-0.39, 0.29) is 11.5 Å². The minimum Gasteiger partial charge on any atom is -0.368 e. The van der Waals surface area contributed by atoms with Crippen molar-refractivity contribution < 1.29 is 8.42 Å². The Kier molecular flexibility index (Phi) is 4.23. The molecule has 0 radical (unpaired) electrons. The Labute approximate surface area is 96.2 Å². The Balaban J connectivity index is 2.53. The summed E-state index contributed by atoms with van der Waals surface area (Å²) in [6.45, 7) is 5.77. The Bertz CT molecular complexity index is 457. The standard InChI is InChI=1S/C10H17N3O2S/c1-4-16(14,15)6-5-11-10-7-12-8(2)9(3)13-10/h7H,4-6H2,1-3H3,(H,11,13). The van der Waals surface area contributed by atoms with Gasteiger partial charge in [-0.15, -0.1) is 0 Å². The number of aryl methyl sites for hydroxylation is 2. The van der Waals surface area contributed by atoms with Gasteiger partial charge in [-0.1, -0.05) is 6.92 Å². The van der Waals surface area contributed by atoms with Crippen molar-refractivity contribution in [1.29, 1.82) is 0 Å². The van der Waals surface area contributed by atoms with Crippen LogP contribution in [0.4, 0.5) is 5.82 Å². The normalized spacial score (nSPS) is 11.4. The van der Waals surface area contributed by atoms with Gasteiger partial charge in [0.05, 0.1) is 23.3 Å². The largest absolute Gasteiger partial charge is 0.368 e. The van der Waals surface area contributed by atoms with Gasteiger partial charge >= 0.3 is 0 Å². The molecule has 1 aromatic rings. The molecule has 0 unspecified atom stereocenters. The highest BCUT2D eigenvalue weighted by Crippen LogP contribution is 2.05. The number of rotatable bonds is 5. The van der Waals surface area contributed by atoms with Gasteiger partial charge in [0, 0.05) is 12.3 Å². The highest BCUT2D eigenvalue weighted by Gasteiger charge is 2.06. The van der Waals surface area contributed by atoms with Crippen LogP contribution < -0.4 is 5.32 Å². The van der Waals surface area contributed by atoms with Gasteiger partial charge in [0.15, 0.2) is 9.84 Å². The Morgan fingerprint density at radius 2 is 2.00 bits per heavy atom. The second-order valence-electron chi connectivity index (χ2n) is 3.59. The van der Waals surface area contributed by atoms with Crippen LogP contribution in [0.15, 0.2) is 6.20 Å². The topological polar surface area (TPSA) is 72.0 Å². The highest BCUT2D eigenvalue weighted by atomic mass is 32.2. The second kappa shape index (κ2) is 5.25. The molecule has 90 valence electrons. The fourth-order valence-corrected chi connectivity index (χ4v) is 1.81. The van der Waals surface area contributed by atoms with Gasteiger partial charge in [-0.05, 0) is 13.8 Å². The molecule has 0 amide bonds. The molecule has 0 fully saturated rings. The Hall–Kier alpha value is -1.17. The fourth-order valence-electron chi connectivity index (χ4n) is 1.11. The molecule has 1 N–H and O–H groups in total. The number of sulfone groups is 1. The average Bonchev–Trinajstić information content (AvgIpc) is 2.23. The molecule has 16 heavy (non-hydrogen) atoms. The van der Waals surface area contributed by atoms with Crippen LogP contribution >= 0.6 is 0 Å². The lowest BCUT2D eigenvalue weighted by atomic mass is 10.3. The van der Waals surface area contributed by atoms with Crippen LogP contribution in [0.2, 0.25) is 0 Å². The van der Waals surface area contributed by atoms with Gasteiger partial charge in [0.25, 0.3) is 0 Å². The molecule has 1 rings (SSSR count). The molecule has 0 aliphatic carbocycles. The molecular weight excluding hydrogens is 226 g/mol. The van der Waals surface area contributed by atoms with Crippen molar-refractivity contribution in [3.05, 3.63) is 17.6 Å². The van der Waals surface area contributed by atoms with Gasteiger partial charge in [0.1, 0.15) is 5.82 Å². The highest BCUT2D eigenvalue weighted by molar-refractivity contribution is 7.91. The van der Waals surface area contributed by atoms with Gasteiger partial charge < -0.3 is 5.32 Å². The van der Waals surface area contributed by atoms with Crippen molar-refractivity contribution in [2.24, 2.45) is 0 Å². The summed E-state index contributed by atoms with van der Waals surface area (Å²) in [5.41, 5.74) is 1.73. The van der Waals surface area contributed by atoms with E-state index in [2.05, 4.69) is 15.3 Å². The van der Waals surface area contributed by atoms with E-state index in [0.29, 0.717) is 12.4 Å². The van der Waals surface area contributed by atoms with E-state index in [1.807, 2.05) is 13.8 Å². The van der Waals surface area contributed by atoms with Crippen LogP contribution in [0.3, 0.4) is 0 Å². The molecule has 0 atom stereocenters. The molecule has 0 saturated heterocycles. The lowest BCUT2D eigenvalue weighted by molar-refractivity contribution is 0.597. The Morgan fingerprint density at radius 3 is 2.56 bits per heavy atom. The summed E-state index contributed by atoms with van der Waals surface area (Å²) in [6.07, 6.45) is 1.61. The van der Waals surface area contributed by atoms with E-state index < -0.39 is 9.84 Å². The van der Waals surface area contributed by atoms with Crippen molar-refractivity contribution in [1.82, 2.24) is 9.97 Å². The Morgan fingerprint density at radius 1 is 1.31 bits per heavy atom. The average molecular weight is 243 g/mol. The van der Waals surface area contributed by atoms with Crippen LogP contribution in [0, 0.1) is 13.8 Å². The molecule has 1 aromatic heterocycles. The number of hydrogen-bond acceptors (Lipinski definition) is 5. The number of nitrogens with zero attached hydrogens (tertiary/aromatic N) is 2. The van der Waals surface area contributed by atoms with Crippen LogP contribution in [0.25, 0.3) is 0 Å². The fraction of sp³-hybridized carbons (Fsp3) is 0.600. The molecule has 6 heteroatoms. The SMILES string of the molecule is CCS(=O)(=O)CCNc1cnc(C)c(C)n1. The molecular formula is C10H17N3O2S. The van der Waals surface area contributed by atoms with Crippen molar-refractivity contribution in [3.8, 4) is 0 Å². The summed E-state index contributed by atoms with van der Waals surface area (Å²) in [5.74, 6) is 0.917. The molecule has 0 aliphatic rings. The van der Waals surface area contributed by atoms with Gasteiger partial charge in [0.2, 0.25) is 0 Å². The zero-order chi connectivity index (χ0) is 12.2. The van der Waals surface area contributed by atoms with E-state index in [1.54, 1.807) is 13.1 Å². The van der Waals surface area contributed by atoms with E-state index in [0.717, 1.165) is 11.4 Å². The third kappa shape index (κ3) is 3.77. The predicted molar refractivity (Wildman–Crippen MR) is 64.3 cm³/mol. The predicted octanol–water partition coefficient (Wildman–Crippen LogP) is 0.940. The number of nitrogens with one attached hydrogen (secondary N) is 1. The minimum absolute atomic E-state index is 0.123. The van der Waals surface area contributed by atoms with Gasteiger partial charge in [-0.2, -0.15) is 0 Å². The number of hydrogen-bond donors (Lipinski definition) is 1. The summed E-state index contributed by atoms with van der Waals surface area (Å²) < 4.78 is 22.5. The van der Waals surface area contributed by atoms with Crippen molar-refractivity contribution in [2.45, 2.75) is 20.8 Å². The van der Waals surface area contributed by atoms with E-state index >= 15 is 0 Å². The summed E-state index contributed by atoms with van der Waals surface area (Å²) >= 11 is 0. The number of anilines is 1. The molecule has 1 heterocycles. The number of aromatic nitrogens is 2. The third-order valence-corrected chi connectivity index (χ3v) is 4.06. The van der Waals surface area contributed by atoms with E-state index in [4.69, 9.17) is 0 Å². The molecule has 0 aliphatic heterocycles. The van der Waals surface area contributed by atoms with Gasteiger partial charge in [-0.3, -0.25) is 4.98 Å². The minimum atomic E-state index is -2.92. The first-order valence-electron chi connectivity index (χ1n) is 5.19. The lowest BCUT2D eigenvalue weighted by Gasteiger charge is -2.06. The summed E-state index contributed by atoms with van der Waals surface area (Å²) in [4.78, 5) is 8.39. The van der Waals surface area contributed by atoms with E-state index in [9.17, 15) is 8.42 Å². The summed E-state index contributed by atoms with van der Waals surface area (Å²) in [7, 11) is -2.92. The van der Waals surface area contributed by atoms with E-state index in [1.165, 1.54) is 0 Å². The molecule has 0 aromatic carbocycles. The quantitative estimate of drug-likeness (QED) is 0.833. The van der Waals surface area contributed by atoms with Crippen molar-refractivity contribution in [3.63, 3.8) is 0 Å². The second-order valence-corrected chi connectivity index (χ2v) is 6.06. The maximum absolute atomic E-state index is 11.2. The molecule has 0 saturated carbocycles. The maximum Gasteiger partial charge on any atom is 0.151 e. The first-order valence-corrected chi connectivity index (χ1v) is 7.01. The summed E-state index contributed by atoms with van der Waals surface area (Å²) in [5, 5.41) is 2.95.